The number of rotatable bonds is 5. The van der Waals surface area contributed by atoms with E-state index in [0.717, 1.165) is 5.56 Å². The summed E-state index contributed by atoms with van der Waals surface area (Å²) in [5, 5.41) is 11.5. The summed E-state index contributed by atoms with van der Waals surface area (Å²) in [6.07, 6.45) is 2.77. The normalized spacial score (nSPS) is 11.2. The second-order valence-electron chi connectivity index (χ2n) is 4.48. The van der Waals surface area contributed by atoms with Gasteiger partial charge in [0.25, 0.3) is 5.91 Å². The topological polar surface area (TPSA) is 75.0 Å². The van der Waals surface area contributed by atoms with Crippen molar-refractivity contribution >= 4 is 5.91 Å². The number of nitrogens with one attached hydrogen (secondary N) is 1. The highest BCUT2D eigenvalue weighted by Gasteiger charge is 2.14. The highest BCUT2D eigenvalue weighted by atomic mass is 16.5. The van der Waals surface area contributed by atoms with Crippen molar-refractivity contribution in [1.29, 1.82) is 5.26 Å². The van der Waals surface area contributed by atoms with Gasteiger partial charge in [0, 0.05) is 18.9 Å². The van der Waals surface area contributed by atoms with E-state index in [-0.39, 0.29) is 5.91 Å². The van der Waals surface area contributed by atoms with E-state index in [0.29, 0.717) is 17.9 Å². The van der Waals surface area contributed by atoms with Crippen LogP contribution in [0.25, 0.3) is 0 Å². The van der Waals surface area contributed by atoms with E-state index in [9.17, 15) is 4.79 Å². The molecule has 0 saturated carbocycles. The van der Waals surface area contributed by atoms with Crippen molar-refractivity contribution in [3.63, 3.8) is 0 Å². The molecule has 0 radical (unpaired) electrons. The SMILES string of the molecule is CC(Oc1ccc(C#N)cc1)C(=O)NCc1cccnc1. The lowest BCUT2D eigenvalue weighted by molar-refractivity contribution is -0.127. The molecule has 1 heterocycles. The van der Waals surface area contributed by atoms with Crippen molar-refractivity contribution in [1.82, 2.24) is 10.3 Å². The lowest BCUT2D eigenvalue weighted by Gasteiger charge is -2.14. The summed E-state index contributed by atoms with van der Waals surface area (Å²) in [7, 11) is 0. The van der Waals surface area contributed by atoms with E-state index >= 15 is 0 Å². The zero-order valence-corrected chi connectivity index (χ0v) is 11.6. The minimum absolute atomic E-state index is 0.205. The van der Waals surface area contributed by atoms with Gasteiger partial charge in [0.05, 0.1) is 11.6 Å². The Morgan fingerprint density at radius 2 is 2.14 bits per heavy atom. The predicted octanol–water partition coefficient (Wildman–Crippen LogP) is 2.04. The zero-order chi connectivity index (χ0) is 15.1. The number of nitriles is 1. The minimum atomic E-state index is -0.616. The summed E-state index contributed by atoms with van der Waals surface area (Å²) in [6, 6.07) is 12.4. The fourth-order valence-corrected chi connectivity index (χ4v) is 1.70. The van der Waals surface area contributed by atoms with E-state index in [1.54, 1.807) is 43.6 Å². The Morgan fingerprint density at radius 3 is 2.76 bits per heavy atom. The molecule has 2 rings (SSSR count). The number of hydrogen-bond acceptors (Lipinski definition) is 4. The monoisotopic (exact) mass is 281 g/mol. The third-order valence-corrected chi connectivity index (χ3v) is 2.86. The standard InChI is InChI=1S/C16H15N3O2/c1-12(21-15-6-4-13(9-17)5-7-15)16(20)19-11-14-3-2-8-18-10-14/h2-8,10,12H,11H2,1H3,(H,19,20). The van der Waals surface area contributed by atoms with Crippen LogP contribution >= 0.6 is 0 Å². The average molecular weight is 281 g/mol. The smallest absolute Gasteiger partial charge is 0.261 e. The van der Waals surface area contributed by atoms with Crippen LogP contribution < -0.4 is 10.1 Å². The molecule has 1 unspecified atom stereocenters. The van der Waals surface area contributed by atoms with E-state index in [4.69, 9.17) is 10.00 Å². The summed E-state index contributed by atoms with van der Waals surface area (Å²) < 4.78 is 5.53. The Labute approximate surface area is 123 Å². The van der Waals surface area contributed by atoms with Crippen molar-refractivity contribution in [3.05, 3.63) is 59.9 Å². The molecule has 5 heteroatoms. The number of hydrogen-bond donors (Lipinski definition) is 1. The van der Waals surface area contributed by atoms with Gasteiger partial charge in [-0.05, 0) is 42.8 Å². The van der Waals surface area contributed by atoms with Crippen LogP contribution in [0.3, 0.4) is 0 Å². The number of pyridine rings is 1. The van der Waals surface area contributed by atoms with Crippen LogP contribution in [0, 0.1) is 11.3 Å². The van der Waals surface area contributed by atoms with Crippen LogP contribution in [-0.2, 0) is 11.3 Å². The summed E-state index contributed by atoms with van der Waals surface area (Å²) in [5.41, 5.74) is 1.48. The van der Waals surface area contributed by atoms with Crippen LogP contribution in [0.15, 0.2) is 48.8 Å². The fraction of sp³-hybridized carbons (Fsp3) is 0.188. The van der Waals surface area contributed by atoms with Gasteiger partial charge >= 0.3 is 0 Å². The molecule has 5 nitrogen and oxygen atoms in total. The summed E-state index contributed by atoms with van der Waals surface area (Å²) in [6.45, 7) is 2.09. The molecule has 106 valence electrons. The lowest BCUT2D eigenvalue weighted by atomic mass is 10.2. The Bertz CT molecular complexity index is 633. The molecule has 1 N–H and O–H groups in total. The number of benzene rings is 1. The van der Waals surface area contributed by atoms with Gasteiger partial charge in [0.15, 0.2) is 6.10 Å². The van der Waals surface area contributed by atoms with E-state index in [1.807, 2.05) is 18.2 Å². The van der Waals surface area contributed by atoms with E-state index < -0.39 is 6.10 Å². The van der Waals surface area contributed by atoms with E-state index in [1.165, 1.54) is 0 Å². The van der Waals surface area contributed by atoms with Crippen LogP contribution in [0.5, 0.6) is 5.75 Å². The van der Waals surface area contributed by atoms with Gasteiger partial charge in [-0.25, -0.2) is 0 Å². The Balaban J connectivity index is 1.86. The molecule has 0 bridgehead atoms. The maximum atomic E-state index is 11.9. The number of amides is 1. The lowest BCUT2D eigenvalue weighted by Crippen LogP contribution is -2.35. The molecule has 1 aromatic carbocycles. The predicted molar refractivity (Wildman–Crippen MR) is 77.3 cm³/mol. The van der Waals surface area contributed by atoms with Gasteiger partial charge in [-0.2, -0.15) is 5.26 Å². The third-order valence-electron chi connectivity index (χ3n) is 2.86. The second-order valence-corrected chi connectivity index (χ2v) is 4.48. The van der Waals surface area contributed by atoms with E-state index in [2.05, 4.69) is 10.3 Å². The van der Waals surface area contributed by atoms with Crippen molar-refractivity contribution in [2.45, 2.75) is 19.6 Å². The maximum Gasteiger partial charge on any atom is 0.261 e. The first kappa shape index (κ1) is 14.5. The minimum Gasteiger partial charge on any atom is -0.481 e. The molecular formula is C16H15N3O2. The summed E-state index contributed by atoms with van der Waals surface area (Å²) in [4.78, 5) is 15.9. The van der Waals surface area contributed by atoms with Crippen molar-refractivity contribution in [2.24, 2.45) is 0 Å². The van der Waals surface area contributed by atoms with Crippen molar-refractivity contribution < 1.29 is 9.53 Å². The van der Waals surface area contributed by atoms with Gasteiger partial charge in [-0.3, -0.25) is 9.78 Å². The molecule has 0 saturated heterocycles. The molecule has 0 aliphatic heterocycles. The van der Waals surface area contributed by atoms with Gasteiger partial charge in [-0.15, -0.1) is 0 Å². The molecular weight excluding hydrogens is 266 g/mol. The van der Waals surface area contributed by atoms with Crippen molar-refractivity contribution in [3.8, 4) is 11.8 Å². The maximum absolute atomic E-state index is 11.9. The highest BCUT2D eigenvalue weighted by Crippen LogP contribution is 2.13. The fourth-order valence-electron chi connectivity index (χ4n) is 1.70. The molecule has 1 amide bonds. The quantitative estimate of drug-likeness (QED) is 0.910. The summed E-state index contributed by atoms with van der Waals surface area (Å²) >= 11 is 0. The molecule has 1 aromatic heterocycles. The first-order chi connectivity index (χ1) is 10.2. The Hall–Kier alpha value is -2.87. The average Bonchev–Trinajstić information content (AvgIpc) is 2.54. The molecule has 2 aromatic rings. The Kier molecular flexibility index (Phi) is 4.89. The number of ether oxygens (including phenoxy) is 1. The number of aromatic nitrogens is 1. The molecule has 0 spiro atoms. The van der Waals surface area contributed by atoms with Crippen LogP contribution in [0.1, 0.15) is 18.1 Å². The molecule has 0 fully saturated rings. The number of carbonyl (C=O) groups is 1. The summed E-state index contributed by atoms with van der Waals surface area (Å²) in [5.74, 6) is 0.348. The Morgan fingerprint density at radius 1 is 1.38 bits per heavy atom. The van der Waals surface area contributed by atoms with Crippen LogP contribution in [0.2, 0.25) is 0 Å². The molecule has 0 aliphatic carbocycles. The van der Waals surface area contributed by atoms with Gasteiger partial charge in [0.1, 0.15) is 5.75 Å². The van der Waals surface area contributed by atoms with Gasteiger partial charge < -0.3 is 10.1 Å². The number of nitrogens with zero attached hydrogens (tertiary/aromatic N) is 2. The second kappa shape index (κ2) is 7.06. The zero-order valence-electron chi connectivity index (χ0n) is 11.6. The molecule has 21 heavy (non-hydrogen) atoms. The number of carbonyl (C=O) groups excluding carboxylic acids is 1. The highest BCUT2D eigenvalue weighted by molar-refractivity contribution is 5.80. The largest absolute Gasteiger partial charge is 0.481 e. The van der Waals surface area contributed by atoms with Gasteiger partial charge in [-0.1, -0.05) is 6.07 Å². The van der Waals surface area contributed by atoms with Gasteiger partial charge in [0.2, 0.25) is 0 Å². The third kappa shape index (κ3) is 4.32. The van der Waals surface area contributed by atoms with Crippen LogP contribution in [0.4, 0.5) is 0 Å². The first-order valence-corrected chi connectivity index (χ1v) is 6.52. The molecule has 1 atom stereocenters. The first-order valence-electron chi connectivity index (χ1n) is 6.52. The molecule has 0 aliphatic rings. The van der Waals surface area contributed by atoms with Crippen molar-refractivity contribution in [2.75, 3.05) is 0 Å². The van der Waals surface area contributed by atoms with Crippen LogP contribution in [-0.4, -0.2) is 17.0 Å².